The summed E-state index contributed by atoms with van der Waals surface area (Å²) in [7, 11) is 0. The van der Waals surface area contributed by atoms with Crippen molar-refractivity contribution in [2.45, 2.75) is 13.3 Å². The van der Waals surface area contributed by atoms with Crippen molar-refractivity contribution >= 4 is 23.5 Å². The molecule has 0 aromatic heterocycles. The van der Waals surface area contributed by atoms with Crippen molar-refractivity contribution in [3.63, 3.8) is 0 Å². The van der Waals surface area contributed by atoms with Gasteiger partial charge in [0.15, 0.2) is 6.61 Å². The average Bonchev–Trinajstić information content (AvgIpc) is 2.94. The summed E-state index contributed by atoms with van der Waals surface area (Å²) < 4.78 is 5.34. The Morgan fingerprint density at radius 3 is 2.78 bits per heavy atom. The fourth-order valence-corrected chi connectivity index (χ4v) is 2.91. The van der Waals surface area contributed by atoms with E-state index in [-0.39, 0.29) is 31.5 Å². The van der Waals surface area contributed by atoms with Crippen molar-refractivity contribution in [2.24, 2.45) is 5.41 Å². The molecule has 1 aromatic rings. The topological polar surface area (TPSA) is 87.2 Å². The van der Waals surface area contributed by atoms with E-state index in [1.54, 1.807) is 31.2 Å². The van der Waals surface area contributed by atoms with Gasteiger partial charge in [0, 0.05) is 13.1 Å². The normalized spacial score (nSPS) is 23.4. The Balaban J connectivity index is 1.74. The first-order valence-electron chi connectivity index (χ1n) is 7.44. The van der Waals surface area contributed by atoms with Crippen molar-refractivity contribution in [1.29, 1.82) is 0 Å². The third kappa shape index (κ3) is 2.74. The molecule has 0 saturated carbocycles. The number of carboxylic acid groups (broad SMARTS) is 1. The van der Waals surface area contributed by atoms with Crippen LogP contribution in [0.5, 0.6) is 5.75 Å². The van der Waals surface area contributed by atoms with E-state index < -0.39 is 11.4 Å². The maximum atomic E-state index is 12.5. The van der Waals surface area contributed by atoms with Crippen molar-refractivity contribution < 1.29 is 24.2 Å². The number of carboxylic acids is 1. The van der Waals surface area contributed by atoms with Crippen LogP contribution in [-0.4, -0.2) is 54.0 Å². The van der Waals surface area contributed by atoms with Crippen molar-refractivity contribution in [2.75, 3.05) is 31.1 Å². The maximum absolute atomic E-state index is 12.5. The van der Waals surface area contributed by atoms with Gasteiger partial charge >= 0.3 is 5.97 Å². The molecule has 2 heterocycles. The number of benzene rings is 1. The fourth-order valence-electron chi connectivity index (χ4n) is 2.91. The van der Waals surface area contributed by atoms with Gasteiger partial charge in [-0.05, 0) is 25.5 Å². The van der Waals surface area contributed by atoms with Gasteiger partial charge in [-0.1, -0.05) is 12.1 Å². The average molecular weight is 318 g/mol. The second-order valence-electron chi connectivity index (χ2n) is 6.17. The fraction of sp³-hybridized carbons (Fsp3) is 0.438. The zero-order valence-electron chi connectivity index (χ0n) is 12.8. The summed E-state index contributed by atoms with van der Waals surface area (Å²) in [6.07, 6.45) is 0.418. The zero-order valence-corrected chi connectivity index (χ0v) is 12.8. The molecule has 1 fully saturated rings. The number of hydrogen-bond acceptors (Lipinski definition) is 4. The first-order valence-corrected chi connectivity index (χ1v) is 7.44. The lowest BCUT2D eigenvalue weighted by atomic mass is 9.90. The standard InChI is InChI=1S/C16H18N2O5/c1-16(15(21)22)6-7-17(10-16)13(19)8-18-11-4-2-3-5-12(11)23-9-14(18)20/h2-5H,6-10H2,1H3,(H,21,22). The highest BCUT2D eigenvalue weighted by Gasteiger charge is 2.42. The van der Waals surface area contributed by atoms with Crippen LogP contribution in [0.3, 0.4) is 0 Å². The molecule has 2 aliphatic rings. The number of rotatable bonds is 3. The van der Waals surface area contributed by atoms with Gasteiger partial charge in [0.05, 0.1) is 11.1 Å². The van der Waals surface area contributed by atoms with Crippen molar-refractivity contribution in [1.82, 2.24) is 4.90 Å². The number of amides is 2. The zero-order chi connectivity index (χ0) is 16.6. The molecule has 3 rings (SSSR count). The predicted molar refractivity (Wildman–Crippen MR) is 81.2 cm³/mol. The summed E-state index contributed by atoms with van der Waals surface area (Å²) in [5.41, 5.74) is -0.347. The number of carbonyl (C=O) groups excluding carboxylic acids is 2. The molecule has 1 N–H and O–H groups in total. The lowest BCUT2D eigenvalue weighted by Gasteiger charge is -2.30. The van der Waals surface area contributed by atoms with Crippen LogP contribution in [0, 0.1) is 5.41 Å². The number of aliphatic carboxylic acids is 1. The molecule has 7 nitrogen and oxygen atoms in total. The minimum atomic E-state index is -0.914. The van der Waals surface area contributed by atoms with Crippen molar-refractivity contribution in [3.8, 4) is 5.75 Å². The van der Waals surface area contributed by atoms with E-state index in [1.807, 2.05) is 0 Å². The Kier molecular flexibility index (Phi) is 3.71. The van der Waals surface area contributed by atoms with Crippen LogP contribution >= 0.6 is 0 Å². The molecule has 1 saturated heterocycles. The quantitative estimate of drug-likeness (QED) is 0.888. The van der Waals surface area contributed by atoms with E-state index in [4.69, 9.17) is 4.74 Å². The molecule has 2 aliphatic heterocycles. The van der Waals surface area contributed by atoms with Crippen LogP contribution in [0.4, 0.5) is 5.69 Å². The maximum Gasteiger partial charge on any atom is 0.311 e. The van der Waals surface area contributed by atoms with Crippen molar-refractivity contribution in [3.05, 3.63) is 24.3 Å². The van der Waals surface area contributed by atoms with Gasteiger partial charge in [0.25, 0.3) is 5.91 Å². The van der Waals surface area contributed by atoms with E-state index in [0.717, 1.165) is 0 Å². The molecule has 1 atom stereocenters. The smallest absolute Gasteiger partial charge is 0.311 e. The van der Waals surface area contributed by atoms with Gasteiger partial charge in [-0.3, -0.25) is 19.3 Å². The second-order valence-corrected chi connectivity index (χ2v) is 6.17. The molecule has 122 valence electrons. The van der Waals surface area contributed by atoms with E-state index >= 15 is 0 Å². The molecular weight excluding hydrogens is 300 g/mol. The Morgan fingerprint density at radius 1 is 1.35 bits per heavy atom. The van der Waals surface area contributed by atoms with Crippen LogP contribution in [0.1, 0.15) is 13.3 Å². The molecule has 0 radical (unpaired) electrons. The number of likely N-dealkylation sites (tertiary alicyclic amines) is 1. The van der Waals surface area contributed by atoms with E-state index in [1.165, 1.54) is 9.80 Å². The summed E-state index contributed by atoms with van der Waals surface area (Å²) >= 11 is 0. The monoisotopic (exact) mass is 318 g/mol. The van der Waals surface area contributed by atoms with Crippen LogP contribution in [-0.2, 0) is 14.4 Å². The summed E-state index contributed by atoms with van der Waals surface area (Å²) in [5, 5.41) is 9.25. The molecule has 2 amide bonds. The number of nitrogens with zero attached hydrogens (tertiary/aromatic N) is 2. The third-order valence-corrected chi connectivity index (χ3v) is 4.44. The van der Waals surface area contributed by atoms with E-state index in [9.17, 15) is 19.5 Å². The number of para-hydroxylation sites is 2. The second kappa shape index (κ2) is 5.57. The summed E-state index contributed by atoms with van der Waals surface area (Å²) in [6, 6.07) is 7.05. The van der Waals surface area contributed by atoms with Crippen LogP contribution in [0.2, 0.25) is 0 Å². The SMILES string of the molecule is CC1(C(=O)O)CCN(C(=O)CN2C(=O)COc3ccccc32)C1. The molecular formula is C16H18N2O5. The highest BCUT2D eigenvalue weighted by molar-refractivity contribution is 6.02. The number of fused-ring (bicyclic) bond motifs is 1. The third-order valence-electron chi connectivity index (χ3n) is 4.44. The number of anilines is 1. The molecule has 7 heteroatoms. The van der Waals surface area contributed by atoms with Gasteiger partial charge in [-0.15, -0.1) is 0 Å². The molecule has 1 unspecified atom stereocenters. The summed E-state index contributed by atoms with van der Waals surface area (Å²) in [6.45, 7) is 1.99. The number of carbonyl (C=O) groups is 3. The first-order chi connectivity index (χ1) is 10.9. The largest absolute Gasteiger partial charge is 0.482 e. The van der Waals surface area contributed by atoms with E-state index in [0.29, 0.717) is 24.4 Å². The Labute approximate surface area is 133 Å². The highest BCUT2D eigenvalue weighted by atomic mass is 16.5. The lowest BCUT2D eigenvalue weighted by molar-refractivity contribution is -0.147. The van der Waals surface area contributed by atoms with E-state index in [2.05, 4.69) is 0 Å². The number of hydrogen-bond donors (Lipinski definition) is 1. The Morgan fingerprint density at radius 2 is 2.09 bits per heavy atom. The lowest BCUT2D eigenvalue weighted by Crippen LogP contribution is -2.46. The minimum absolute atomic E-state index is 0.100. The Hall–Kier alpha value is -2.57. The highest BCUT2D eigenvalue weighted by Crippen LogP contribution is 2.33. The molecule has 1 aromatic carbocycles. The Bertz CT molecular complexity index is 674. The van der Waals surface area contributed by atoms with Crippen LogP contribution < -0.4 is 9.64 Å². The van der Waals surface area contributed by atoms with Gasteiger partial charge in [0.1, 0.15) is 12.3 Å². The molecule has 0 spiro atoms. The minimum Gasteiger partial charge on any atom is -0.482 e. The molecule has 0 bridgehead atoms. The van der Waals surface area contributed by atoms with Crippen LogP contribution in [0.15, 0.2) is 24.3 Å². The summed E-state index contributed by atoms with van der Waals surface area (Å²) in [4.78, 5) is 38.7. The molecule has 23 heavy (non-hydrogen) atoms. The van der Waals surface area contributed by atoms with Gasteiger partial charge < -0.3 is 14.7 Å². The predicted octanol–water partition coefficient (Wildman–Crippen LogP) is 0.735. The van der Waals surface area contributed by atoms with Crippen LogP contribution in [0.25, 0.3) is 0 Å². The van der Waals surface area contributed by atoms with Gasteiger partial charge in [-0.2, -0.15) is 0 Å². The van der Waals surface area contributed by atoms with Gasteiger partial charge in [0.2, 0.25) is 5.91 Å². The molecule has 0 aliphatic carbocycles. The first kappa shape index (κ1) is 15.3. The summed E-state index contributed by atoms with van der Waals surface area (Å²) in [5.74, 6) is -0.866. The number of ether oxygens (including phenoxy) is 1. The van der Waals surface area contributed by atoms with Gasteiger partial charge in [-0.25, -0.2) is 0 Å².